The van der Waals surface area contributed by atoms with Gasteiger partial charge in [0.15, 0.2) is 0 Å². The van der Waals surface area contributed by atoms with Gasteiger partial charge in [-0.25, -0.2) is 19.6 Å². The van der Waals surface area contributed by atoms with Gasteiger partial charge in [-0.05, 0) is 63.1 Å². The molecule has 14 heteroatoms. The summed E-state index contributed by atoms with van der Waals surface area (Å²) in [7, 11) is 0. The number of halogens is 1. The first-order valence-electron chi connectivity index (χ1n) is 17.1. The zero-order valence-corrected chi connectivity index (χ0v) is 27.9. The largest absolute Gasteiger partial charge is 0.487 e. The molecule has 4 aliphatic rings. The lowest BCUT2D eigenvalue weighted by atomic mass is 9.89. The third-order valence-corrected chi connectivity index (χ3v) is 10.3. The summed E-state index contributed by atoms with van der Waals surface area (Å²) >= 11 is 6.48. The number of anilines is 2. The van der Waals surface area contributed by atoms with E-state index in [9.17, 15) is 0 Å². The highest BCUT2D eigenvalue weighted by molar-refractivity contribution is 6.32. The first-order valence-corrected chi connectivity index (χ1v) is 17.5. The van der Waals surface area contributed by atoms with Crippen LogP contribution >= 0.6 is 11.6 Å². The SMILES string of the molecule is C[C@@H](Cn1cncn1)Oc1cc(-c2cnc(Nc3cn(C4CCC(N5[C@@H]6CC[C@H]5COC6)CC4)nc3OCC3COC3)nc2)ccc1Cl. The van der Waals surface area contributed by atoms with Crippen LogP contribution in [0.25, 0.3) is 11.1 Å². The molecule has 1 N–H and O–H groups in total. The van der Waals surface area contributed by atoms with Crippen LogP contribution in [0, 0.1) is 5.92 Å². The molecule has 2 bridgehead atoms. The van der Waals surface area contributed by atoms with Crippen molar-refractivity contribution in [3.63, 3.8) is 0 Å². The lowest BCUT2D eigenvalue weighted by molar-refractivity contribution is -0.0515. The molecule has 48 heavy (non-hydrogen) atoms. The minimum absolute atomic E-state index is 0.161. The first kappa shape index (κ1) is 31.5. The van der Waals surface area contributed by atoms with Gasteiger partial charge in [-0.3, -0.25) is 9.58 Å². The molecule has 1 aliphatic carbocycles. The van der Waals surface area contributed by atoms with Crippen LogP contribution in [-0.4, -0.2) is 96.7 Å². The smallest absolute Gasteiger partial charge is 0.256 e. The molecule has 254 valence electrons. The Bertz CT molecular complexity index is 1640. The predicted octanol–water partition coefficient (Wildman–Crippen LogP) is 5.17. The molecule has 3 aliphatic heterocycles. The summed E-state index contributed by atoms with van der Waals surface area (Å²) in [5.74, 6) is 2.01. The van der Waals surface area contributed by atoms with Crippen LogP contribution in [-0.2, 0) is 16.0 Å². The Labute approximate surface area is 284 Å². The Morgan fingerprint density at radius 2 is 1.67 bits per heavy atom. The maximum absolute atomic E-state index is 6.48. The second kappa shape index (κ2) is 14.0. The number of fused-ring (bicyclic) bond motifs is 2. The minimum Gasteiger partial charge on any atom is -0.487 e. The van der Waals surface area contributed by atoms with E-state index >= 15 is 0 Å². The number of benzene rings is 1. The van der Waals surface area contributed by atoms with Crippen molar-refractivity contribution >= 4 is 23.2 Å². The molecule has 4 fully saturated rings. The molecular formula is C34H42ClN9O4. The average molecular weight is 676 g/mol. The number of ether oxygens (including phenoxy) is 4. The van der Waals surface area contributed by atoms with Crippen molar-refractivity contribution in [1.82, 2.24) is 39.4 Å². The van der Waals surface area contributed by atoms with E-state index in [2.05, 4.69) is 41.1 Å². The molecule has 4 aromatic rings. The molecular weight excluding hydrogens is 634 g/mol. The van der Waals surface area contributed by atoms with E-state index in [4.69, 9.17) is 35.6 Å². The van der Waals surface area contributed by atoms with Gasteiger partial charge in [-0.15, -0.1) is 5.10 Å². The van der Waals surface area contributed by atoms with Crippen molar-refractivity contribution in [3.05, 3.63) is 54.5 Å². The molecule has 8 rings (SSSR count). The van der Waals surface area contributed by atoms with Crippen molar-refractivity contribution in [3.8, 4) is 22.8 Å². The summed E-state index contributed by atoms with van der Waals surface area (Å²) in [5.41, 5.74) is 2.50. The van der Waals surface area contributed by atoms with E-state index in [-0.39, 0.29) is 6.10 Å². The summed E-state index contributed by atoms with van der Waals surface area (Å²) < 4.78 is 27.4. The Hall–Kier alpha value is -3.78. The number of hydrogen-bond donors (Lipinski definition) is 1. The topological polar surface area (TPSA) is 126 Å². The van der Waals surface area contributed by atoms with Crippen LogP contribution in [0.2, 0.25) is 5.02 Å². The van der Waals surface area contributed by atoms with E-state index < -0.39 is 0 Å². The fourth-order valence-electron chi connectivity index (χ4n) is 7.49. The molecule has 3 aromatic heterocycles. The Morgan fingerprint density at radius 1 is 0.938 bits per heavy atom. The van der Waals surface area contributed by atoms with Crippen molar-refractivity contribution in [2.75, 3.05) is 38.4 Å². The van der Waals surface area contributed by atoms with E-state index in [1.54, 1.807) is 23.4 Å². The fraction of sp³-hybridized carbons (Fsp3) is 0.559. The zero-order valence-electron chi connectivity index (χ0n) is 27.2. The molecule has 1 aromatic carbocycles. The van der Waals surface area contributed by atoms with Gasteiger partial charge in [-0.2, -0.15) is 5.10 Å². The summed E-state index contributed by atoms with van der Waals surface area (Å²) in [5, 5.41) is 13.0. The van der Waals surface area contributed by atoms with E-state index in [1.165, 1.54) is 32.0 Å². The van der Waals surface area contributed by atoms with Crippen molar-refractivity contribution in [2.45, 2.75) is 82.3 Å². The average Bonchev–Trinajstić information content (AvgIpc) is 3.80. The summed E-state index contributed by atoms with van der Waals surface area (Å²) in [4.78, 5) is 16.0. The van der Waals surface area contributed by atoms with Gasteiger partial charge in [-0.1, -0.05) is 17.7 Å². The number of hydrogen-bond acceptors (Lipinski definition) is 11. The number of nitrogens with one attached hydrogen (secondary N) is 1. The Kier molecular flexibility index (Phi) is 9.17. The van der Waals surface area contributed by atoms with E-state index in [1.807, 2.05) is 25.1 Å². The van der Waals surface area contributed by atoms with Gasteiger partial charge in [0.05, 0.1) is 56.8 Å². The first-order chi connectivity index (χ1) is 23.6. The lowest BCUT2D eigenvalue weighted by Gasteiger charge is -2.43. The second-order valence-electron chi connectivity index (χ2n) is 13.5. The Morgan fingerprint density at radius 3 is 2.38 bits per heavy atom. The van der Waals surface area contributed by atoms with E-state index in [0.29, 0.717) is 65.8 Å². The van der Waals surface area contributed by atoms with Crippen LogP contribution in [0.1, 0.15) is 51.5 Å². The van der Waals surface area contributed by atoms with Crippen LogP contribution < -0.4 is 14.8 Å². The molecule has 6 heterocycles. The highest BCUT2D eigenvalue weighted by Gasteiger charge is 2.42. The van der Waals surface area contributed by atoms with Crippen molar-refractivity contribution in [1.29, 1.82) is 0 Å². The molecule has 0 amide bonds. The van der Waals surface area contributed by atoms with Crippen molar-refractivity contribution in [2.24, 2.45) is 5.92 Å². The van der Waals surface area contributed by atoms with Gasteiger partial charge in [0, 0.05) is 42.0 Å². The number of morpholine rings is 1. The van der Waals surface area contributed by atoms with Gasteiger partial charge in [0.25, 0.3) is 5.88 Å². The van der Waals surface area contributed by atoms with Gasteiger partial charge >= 0.3 is 0 Å². The summed E-state index contributed by atoms with van der Waals surface area (Å²) in [6.07, 6.45) is 15.7. The number of rotatable bonds is 12. The van der Waals surface area contributed by atoms with Gasteiger partial charge < -0.3 is 24.3 Å². The molecule has 3 saturated heterocycles. The predicted molar refractivity (Wildman–Crippen MR) is 179 cm³/mol. The summed E-state index contributed by atoms with van der Waals surface area (Å²) in [6.45, 7) is 6.31. The monoisotopic (exact) mass is 675 g/mol. The number of nitrogens with zero attached hydrogens (tertiary/aromatic N) is 8. The number of aromatic nitrogens is 7. The fourth-order valence-corrected chi connectivity index (χ4v) is 7.65. The molecule has 0 radical (unpaired) electrons. The van der Waals surface area contributed by atoms with Crippen LogP contribution in [0.15, 0.2) is 49.4 Å². The second-order valence-corrected chi connectivity index (χ2v) is 13.9. The molecule has 0 spiro atoms. The Balaban J connectivity index is 0.938. The molecule has 13 nitrogen and oxygen atoms in total. The minimum atomic E-state index is -0.161. The molecule has 3 atom stereocenters. The van der Waals surface area contributed by atoms with Crippen LogP contribution in [0.4, 0.5) is 11.6 Å². The van der Waals surface area contributed by atoms with Crippen molar-refractivity contribution < 1.29 is 18.9 Å². The standard InChI is InChI=1S/C34H42ClN9O4/c1-22(13-42-21-36-20-39-42)48-32-10-24(2-9-30(32)35)25-11-37-34(38-12-25)40-31-14-43(41-33(31)47-17-23-15-45-16-23)26-3-5-27(6-4-26)44-28-7-8-29(44)19-46-18-28/h2,9-12,14,20-23,26-29H,3-8,13,15-19H2,1H3,(H,37,38,40)/t22-,26?,27?,28-,29+/m0/s1. The maximum Gasteiger partial charge on any atom is 0.256 e. The quantitative estimate of drug-likeness (QED) is 0.214. The van der Waals surface area contributed by atoms with Crippen LogP contribution in [0.3, 0.4) is 0 Å². The zero-order chi connectivity index (χ0) is 32.5. The van der Waals surface area contributed by atoms with Gasteiger partial charge in [0.1, 0.15) is 30.2 Å². The van der Waals surface area contributed by atoms with Crippen LogP contribution in [0.5, 0.6) is 11.6 Å². The highest BCUT2D eigenvalue weighted by atomic mass is 35.5. The third kappa shape index (κ3) is 6.87. The lowest BCUT2D eigenvalue weighted by Crippen LogP contribution is -2.52. The van der Waals surface area contributed by atoms with Gasteiger partial charge in [0.2, 0.25) is 5.95 Å². The molecule has 1 saturated carbocycles. The van der Waals surface area contributed by atoms with E-state index in [0.717, 1.165) is 56.1 Å². The molecule has 0 unspecified atom stereocenters. The highest BCUT2D eigenvalue weighted by Crippen LogP contribution is 2.40. The summed E-state index contributed by atoms with van der Waals surface area (Å²) in [6, 6.07) is 7.83. The maximum atomic E-state index is 6.48. The third-order valence-electron chi connectivity index (χ3n) is 10.0. The normalized spacial score (nSPS) is 25.0.